The van der Waals surface area contributed by atoms with Gasteiger partial charge in [-0.25, -0.2) is 19.2 Å². The zero-order chi connectivity index (χ0) is 49.2. The van der Waals surface area contributed by atoms with E-state index < -0.39 is 88.1 Å². The van der Waals surface area contributed by atoms with Gasteiger partial charge in [-0.2, -0.15) is 26.3 Å². The van der Waals surface area contributed by atoms with E-state index >= 15 is 0 Å². The monoisotopic (exact) mass is 940 g/mol. The summed E-state index contributed by atoms with van der Waals surface area (Å²) in [6, 6.07) is 7.87. The number of alkyl halides is 6. The number of benzene rings is 3. The Kier molecular flexibility index (Phi) is 16.6. The summed E-state index contributed by atoms with van der Waals surface area (Å²) in [6.45, 7) is 9.53. The molecule has 1 fully saturated rings. The highest BCUT2D eigenvalue weighted by Gasteiger charge is 2.35. The van der Waals surface area contributed by atoms with Gasteiger partial charge >= 0.3 is 36.7 Å². The SMILES string of the molecule is CC(C)(C)OC(=O)/N=C(\NCCCCC(=O)Nc1cc(C(F)(F)F)cc(NC(=O)Nc2cccc(Oc3cc(N)cc(C(F)(F)F)c3)c2)c1O[C@@H]1CCN(C(=O)O)C1)NC(=O)OC(C)(C)C. The molecule has 0 saturated carbocycles. The first-order valence-corrected chi connectivity index (χ1v) is 20.1. The second-order valence-corrected chi connectivity index (χ2v) is 16.7. The standard InChI is InChI=1S/C42H50F6N8O10/c1-39(2,3)65-36(59)54-34(55-37(60)66-40(4,5)6)50-14-8-7-12-32(57)52-30-18-24(42(46,47)48)19-31(33(30)64-28-13-15-56(22-28)38(61)62)53-35(58)51-26-10-9-11-27(21-26)63-29-17-23(41(43,44)45)16-25(49)20-29/h9-11,16-21,28H,7-8,12-15,22,49H2,1-6H3,(H,52,57)(H,61,62)(H2,51,53,58)(H2,50,54,55,59,60)/t28-/m1/s1. The van der Waals surface area contributed by atoms with Crippen LogP contribution in [0.5, 0.6) is 17.2 Å². The zero-order valence-corrected chi connectivity index (χ0v) is 36.6. The number of amides is 6. The van der Waals surface area contributed by atoms with Crippen LogP contribution in [0.4, 0.5) is 68.3 Å². The quantitative estimate of drug-likeness (QED) is 0.0295. The molecule has 0 spiro atoms. The molecule has 0 aliphatic carbocycles. The summed E-state index contributed by atoms with van der Waals surface area (Å²) in [5, 5.41) is 21.6. The van der Waals surface area contributed by atoms with Gasteiger partial charge in [0.25, 0.3) is 0 Å². The molecule has 18 nitrogen and oxygen atoms in total. The Bertz CT molecular complexity index is 2290. The number of carbonyl (C=O) groups is 5. The van der Waals surface area contributed by atoms with Crippen molar-refractivity contribution in [3.63, 3.8) is 0 Å². The van der Waals surface area contributed by atoms with Crippen molar-refractivity contribution >= 4 is 58.9 Å². The summed E-state index contributed by atoms with van der Waals surface area (Å²) in [6.07, 6.45) is -13.8. The Balaban J connectivity index is 1.53. The number of rotatable bonds is 12. The zero-order valence-electron chi connectivity index (χ0n) is 36.6. The number of nitrogens with one attached hydrogen (secondary N) is 5. The molecule has 6 amide bonds. The third kappa shape index (κ3) is 17.1. The van der Waals surface area contributed by atoms with Crippen molar-refractivity contribution in [1.29, 1.82) is 0 Å². The fourth-order valence-electron chi connectivity index (χ4n) is 5.89. The number of alkyl carbamates (subject to hydrolysis) is 1. The van der Waals surface area contributed by atoms with Gasteiger partial charge in [0.15, 0.2) is 5.75 Å². The average Bonchev–Trinajstić information content (AvgIpc) is 3.62. The van der Waals surface area contributed by atoms with Gasteiger partial charge in [-0.1, -0.05) is 6.07 Å². The Morgan fingerprint density at radius 3 is 2.05 bits per heavy atom. The highest BCUT2D eigenvalue weighted by atomic mass is 19.4. The minimum atomic E-state index is -5.02. The first kappa shape index (κ1) is 51.5. The van der Waals surface area contributed by atoms with Gasteiger partial charge in [0.05, 0.1) is 29.0 Å². The van der Waals surface area contributed by atoms with Crippen LogP contribution in [0.1, 0.15) is 78.4 Å². The largest absolute Gasteiger partial charge is 0.484 e. The lowest BCUT2D eigenvalue weighted by Gasteiger charge is -2.23. The van der Waals surface area contributed by atoms with Crippen molar-refractivity contribution in [2.45, 2.75) is 96.9 Å². The van der Waals surface area contributed by atoms with Crippen LogP contribution in [0.2, 0.25) is 0 Å². The first-order chi connectivity index (χ1) is 30.5. The van der Waals surface area contributed by atoms with Crippen molar-refractivity contribution in [1.82, 2.24) is 15.5 Å². The third-order valence-corrected chi connectivity index (χ3v) is 8.56. The second kappa shape index (κ2) is 21.2. The van der Waals surface area contributed by atoms with Crippen LogP contribution < -0.4 is 41.8 Å². The summed E-state index contributed by atoms with van der Waals surface area (Å²) < 4.78 is 105. The van der Waals surface area contributed by atoms with Gasteiger partial charge in [0.1, 0.15) is 28.8 Å². The number of nitrogens with two attached hydrogens (primary N) is 1. The maximum atomic E-state index is 14.3. The molecule has 360 valence electrons. The van der Waals surface area contributed by atoms with Crippen molar-refractivity contribution in [2.24, 2.45) is 4.99 Å². The highest BCUT2D eigenvalue weighted by molar-refractivity contribution is 6.03. The minimum Gasteiger partial charge on any atom is -0.484 e. The maximum absolute atomic E-state index is 14.3. The number of nitrogen functional groups attached to an aromatic ring is 1. The summed E-state index contributed by atoms with van der Waals surface area (Å²) in [4.78, 5) is 67.8. The number of ether oxygens (including phenoxy) is 4. The van der Waals surface area contributed by atoms with E-state index in [0.29, 0.717) is 24.3 Å². The molecule has 1 atom stereocenters. The molecule has 1 aliphatic rings. The molecule has 0 aromatic heterocycles. The first-order valence-electron chi connectivity index (χ1n) is 20.1. The number of carbonyl (C=O) groups excluding carboxylic acids is 4. The predicted octanol–water partition coefficient (Wildman–Crippen LogP) is 9.39. The number of urea groups is 1. The van der Waals surface area contributed by atoms with Crippen LogP contribution in [-0.4, -0.2) is 83.1 Å². The molecule has 1 heterocycles. The van der Waals surface area contributed by atoms with Crippen LogP contribution in [0.15, 0.2) is 59.6 Å². The van der Waals surface area contributed by atoms with Crippen molar-refractivity contribution in [3.8, 4) is 17.2 Å². The number of carboxylic acid groups (broad SMARTS) is 1. The van der Waals surface area contributed by atoms with Crippen LogP contribution >= 0.6 is 0 Å². The Morgan fingerprint density at radius 2 is 1.44 bits per heavy atom. The lowest BCUT2D eigenvalue weighted by atomic mass is 10.1. The Labute approximate surface area is 374 Å². The van der Waals surface area contributed by atoms with Gasteiger partial charge in [-0.3, -0.25) is 10.1 Å². The smallest absolute Gasteiger partial charge is 0.437 e. The number of aliphatic imine (C=N–C) groups is 1. The van der Waals surface area contributed by atoms with Crippen molar-refractivity contribution in [3.05, 3.63) is 65.7 Å². The molecule has 0 bridgehead atoms. The molecule has 8 N–H and O–H groups in total. The minimum absolute atomic E-state index is 0.0147. The highest BCUT2D eigenvalue weighted by Crippen LogP contribution is 2.42. The molecule has 3 aromatic carbocycles. The number of anilines is 4. The summed E-state index contributed by atoms with van der Waals surface area (Å²) in [5.41, 5.74) is 0.101. The molecule has 3 aromatic rings. The molecular weight excluding hydrogens is 890 g/mol. The van der Waals surface area contributed by atoms with E-state index in [-0.39, 0.29) is 74.2 Å². The molecular formula is C42H50F6N8O10. The van der Waals surface area contributed by atoms with E-state index in [1.165, 1.54) is 24.3 Å². The number of halogens is 6. The van der Waals surface area contributed by atoms with Crippen LogP contribution in [0.25, 0.3) is 0 Å². The number of hydrogen-bond donors (Lipinski definition) is 7. The predicted molar refractivity (Wildman–Crippen MR) is 229 cm³/mol. The van der Waals surface area contributed by atoms with Crippen LogP contribution in [0.3, 0.4) is 0 Å². The molecule has 24 heteroatoms. The fraction of sp³-hybridized carbons (Fsp3) is 0.429. The van der Waals surface area contributed by atoms with E-state index in [1.54, 1.807) is 41.5 Å². The van der Waals surface area contributed by atoms with Crippen molar-refractivity contribution < 1.29 is 74.4 Å². The summed E-state index contributed by atoms with van der Waals surface area (Å²) >= 11 is 0. The van der Waals surface area contributed by atoms with E-state index in [1.807, 2.05) is 0 Å². The Morgan fingerprint density at radius 1 is 0.803 bits per heavy atom. The number of guanidine groups is 1. The van der Waals surface area contributed by atoms with Gasteiger partial charge in [0, 0.05) is 49.4 Å². The molecule has 0 radical (unpaired) electrons. The van der Waals surface area contributed by atoms with E-state index in [0.717, 1.165) is 11.0 Å². The fourth-order valence-corrected chi connectivity index (χ4v) is 5.89. The lowest BCUT2D eigenvalue weighted by Crippen LogP contribution is -2.44. The molecule has 4 rings (SSSR count). The lowest BCUT2D eigenvalue weighted by molar-refractivity contribution is -0.138. The molecule has 1 saturated heterocycles. The summed E-state index contributed by atoms with van der Waals surface area (Å²) in [7, 11) is 0. The Hall–Kier alpha value is -7.14. The number of unbranched alkanes of at least 4 members (excludes halogenated alkanes) is 1. The van der Waals surface area contributed by atoms with Crippen LogP contribution in [0, 0.1) is 0 Å². The normalized spacial score (nSPS) is 14.5. The van der Waals surface area contributed by atoms with Crippen molar-refractivity contribution in [2.75, 3.05) is 41.3 Å². The molecule has 66 heavy (non-hydrogen) atoms. The van der Waals surface area contributed by atoms with E-state index in [2.05, 4.69) is 31.6 Å². The van der Waals surface area contributed by atoms with Gasteiger partial charge < -0.3 is 56.0 Å². The second-order valence-electron chi connectivity index (χ2n) is 16.7. The average molecular weight is 941 g/mol. The van der Waals surface area contributed by atoms with E-state index in [4.69, 9.17) is 24.7 Å². The molecule has 0 unspecified atom stereocenters. The number of hydrogen-bond acceptors (Lipinski definition) is 10. The van der Waals surface area contributed by atoms with E-state index in [9.17, 15) is 55.4 Å². The van der Waals surface area contributed by atoms with Gasteiger partial charge in [-0.15, -0.1) is 4.99 Å². The van der Waals surface area contributed by atoms with Gasteiger partial charge in [-0.05, 0) is 90.8 Å². The topological polar surface area (TPSA) is 244 Å². The van der Waals surface area contributed by atoms with Crippen LogP contribution in [-0.2, 0) is 26.6 Å². The molecule has 1 aliphatic heterocycles. The third-order valence-electron chi connectivity index (χ3n) is 8.56. The van der Waals surface area contributed by atoms with Gasteiger partial charge in [0.2, 0.25) is 11.9 Å². The maximum Gasteiger partial charge on any atom is 0.437 e. The number of likely N-dealkylation sites (tertiary alicyclic amines) is 1. The summed E-state index contributed by atoms with van der Waals surface area (Å²) in [5.74, 6) is -1.86. The number of nitrogens with zero attached hydrogens (tertiary/aromatic N) is 2.